The van der Waals surface area contributed by atoms with E-state index in [-0.39, 0.29) is 0 Å². The molecule has 0 fully saturated rings. The first-order valence-corrected chi connectivity index (χ1v) is 6.74. The highest BCUT2D eigenvalue weighted by Crippen LogP contribution is 2.35. The Balaban J connectivity index is 2.35. The van der Waals surface area contributed by atoms with Gasteiger partial charge < -0.3 is 0 Å². The number of hydrogen-bond donors (Lipinski definition) is 0. The van der Waals surface area contributed by atoms with Gasteiger partial charge in [-0.1, -0.05) is 53.7 Å². The SMILES string of the molecule is CCCCCC(Br)c1ccc(Cl)s1. The first-order chi connectivity index (χ1) is 6.24. The molecule has 3 heteroatoms. The summed E-state index contributed by atoms with van der Waals surface area (Å²) in [6.45, 7) is 2.23. The zero-order chi connectivity index (χ0) is 9.68. The number of halogens is 2. The van der Waals surface area contributed by atoms with E-state index in [9.17, 15) is 0 Å². The van der Waals surface area contributed by atoms with Gasteiger partial charge in [0.2, 0.25) is 0 Å². The molecule has 0 aliphatic carbocycles. The molecule has 0 saturated carbocycles. The van der Waals surface area contributed by atoms with Gasteiger partial charge in [0, 0.05) is 9.70 Å². The normalized spacial score (nSPS) is 13.2. The Kier molecular flexibility index (Phi) is 5.37. The molecule has 0 spiro atoms. The molecule has 0 N–H and O–H groups in total. The van der Waals surface area contributed by atoms with Gasteiger partial charge in [-0.2, -0.15) is 0 Å². The van der Waals surface area contributed by atoms with E-state index in [1.54, 1.807) is 11.3 Å². The first-order valence-electron chi connectivity index (χ1n) is 4.63. The van der Waals surface area contributed by atoms with E-state index in [0.717, 1.165) is 4.34 Å². The van der Waals surface area contributed by atoms with Crippen LogP contribution in [-0.4, -0.2) is 0 Å². The molecular formula is C10H14BrClS. The summed E-state index contributed by atoms with van der Waals surface area (Å²) in [4.78, 5) is 1.85. The maximum absolute atomic E-state index is 5.86. The fourth-order valence-corrected chi connectivity index (χ4v) is 3.04. The molecule has 13 heavy (non-hydrogen) atoms. The fraction of sp³-hybridized carbons (Fsp3) is 0.600. The molecule has 0 amide bonds. The number of unbranched alkanes of at least 4 members (excludes halogenated alkanes) is 2. The van der Waals surface area contributed by atoms with Crippen molar-refractivity contribution < 1.29 is 0 Å². The van der Waals surface area contributed by atoms with Crippen molar-refractivity contribution in [2.45, 2.75) is 37.4 Å². The van der Waals surface area contributed by atoms with Crippen LogP contribution in [0.5, 0.6) is 0 Å². The van der Waals surface area contributed by atoms with Crippen molar-refractivity contribution >= 4 is 38.9 Å². The molecule has 0 radical (unpaired) electrons. The van der Waals surface area contributed by atoms with E-state index in [1.165, 1.54) is 30.6 Å². The Morgan fingerprint density at radius 2 is 2.23 bits per heavy atom. The Morgan fingerprint density at radius 3 is 2.77 bits per heavy atom. The predicted molar refractivity (Wildman–Crippen MR) is 65.1 cm³/mol. The Labute approximate surface area is 97.4 Å². The summed E-state index contributed by atoms with van der Waals surface area (Å²) in [5.41, 5.74) is 0. The third-order valence-electron chi connectivity index (χ3n) is 1.96. The van der Waals surface area contributed by atoms with E-state index in [0.29, 0.717) is 4.83 Å². The van der Waals surface area contributed by atoms with Crippen molar-refractivity contribution in [3.05, 3.63) is 21.3 Å². The van der Waals surface area contributed by atoms with Gasteiger partial charge in [-0.25, -0.2) is 0 Å². The molecule has 0 aliphatic heterocycles. The smallest absolute Gasteiger partial charge is 0.0931 e. The van der Waals surface area contributed by atoms with Gasteiger partial charge in [-0.3, -0.25) is 0 Å². The van der Waals surface area contributed by atoms with E-state index in [4.69, 9.17) is 11.6 Å². The second kappa shape index (κ2) is 6.05. The number of thiophene rings is 1. The first kappa shape index (κ1) is 11.5. The van der Waals surface area contributed by atoms with Gasteiger partial charge in [-0.05, 0) is 18.6 Å². The minimum absolute atomic E-state index is 0.497. The summed E-state index contributed by atoms with van der Waals surface area (Å²) in [5, 5.41) is 0. The van der Waals surface area contributed by atoms with E-state index in [1.807, 2.05) is 6.07 Å². The van der Waals surface area contributed by atoms with Crippen LogP contribution in [0, 0.1) is 0 Å². The van der Waals surface area contributed by atoms with Gasteiger partial charge >= 0.3 is 0 Å². The number of rotatable bonds is 5. The minimum Gasteiger partial charge on any atom is -0.127 e. The molecule has 0 aliphatic rings. The summed E-state index contributed by atoms with van der Waals surface area (Å²) < 4.78 is 0.884. The van der Waals surface area contributed by atoms with Crippen LogP contribution in [0.2, 0.25) is 4.34 Å². The lowest BCUT2D eigenvalue weighted by molar-refractivity contribution is 0.667. The summed E-state index contributed by atoms with van der Waals surface area (Å²) in [6, 6.07) is 4.08. The van der Waals surface area contributed by atoms with Crippen molar-refractivity contribution in [2.24, 2.45) is 0 Å². The van der Waals surface area contributed by atoms with Gasteiger partial charge in [0.05, 0.1) is 4.34 Å². The molecule has 1 unspecified atom stereocenters. The van der Waals surface area contributed by atoms with Gasteiger partial charge in [0.15, 0.2) is 0 Å². The van der Waals surface area contributed by atoms with Gasteiger partial charge in [-0.15, -0.1) is 11.3 Å². The van der Waals surface area contributed by atoms with Crippen LogP contribution in [0.1, 0.15) is 42.3 Å². The van der Waals surface area contributed by atoms with Crippen molar-refractivity contribution in [2.75, 3.05) is 0 Å². The predicted octanol–water partition coefficient (Wildman–Crippen LogP) is 5.42. The van der Waals surface area contributed by atoms with Crippen LogP contribution in [0.15, 0.2) is 12.1 Å². The fourth-order valence-electron chi connectivity index (χ4n) is 1.21. The van der Waals surface area contributed by atoms with Crippen LogP contribution < -0.4 is 0 Å². The highest BCUT2D eigenvalue weighted by molar-refractivity contribution is 9.09. The molecule has 1 aromatic heterocycles. The molecule has 1 atom stereocenters. The minimum atomic E-state index is 0.497. The third-order valence-corrected chi connectivity index (χ3v) is 4.56. The Hall–Kier alpha value is 0.470. The molecule has 1 heterocycles. The van der Waals surface area contributed by atoms with Crippen molar-refractivity contribution in [1.82, 2.24) is 0 Å². The van der Waals surface area contributed by atoms with E-state index >= 15 is 0 Å². The topological polar surface area (TPSA) is 0 Å². The third kappa shape index (κ3) is 4.01. The van der Waals surface area contributed by atoms with E-state index < -0.39 is 0 Å². The van der Waals surface area contributed by atoms with E-state index in [2.05, 4.69) is 28.9 Å². The summed E-state index contributed by atoms with van der Waals surface area (Å²) in [5.74, 6) is 0. The molecule has 1 rings (SSSR count). The molecule has 0 nitrogen and oxygen atoms in total. The maximum atomic E-state index is 5.86. The second-order valence-corrected chi connectivity index (χ2v) is 5.96. The number of hydrogen-bond acceptors (Lipinski definition) is 1. The standard InChI is InChI=1S/C10H14BrClS/c1-2-3-4-5-8(11)9-6-7-10(12)13-9/h6-8H,2-5H2,1H3. The summed E-state index contributed by atoms with van der Waals surface area (Å²) >= 11 is 11.2. The lowest BCUT2D eigenvalue weighted by atomic mass is 10.1. The van der Waals surface area contributed by atoms with Crippen LogP contribution in [0.4, 0.5) is 0 Å². The summed E-state index contributed by atoms with van der Waals surface area (Å²) in [6.07, 6.45) is 5.11. The molecular weight excluding hydrogens is 268 g/mol. The zero-order valence-electron chi connectivity index (χ0n) is 7.72. The van der Waals surface area contributed by atoms with Crippen LogP contribution >= 0.6 is 38.9 Å². The summed E-state index contributed by atoms with van der Waals surface area (Å²) in [7, 11) is 0. The molecule has 0 bridgehead atoms. The quantitative estimate of drug-likeness (QED) is 0.499. The van der Waals surface area contributed by atoms with Gasteiger partial charge in [0.25, 0.3) is 0 Å². The Bertz CT molecular complexity index is 247. The van der Waals surface area contributed by atoms with Crippen LogP contribution in [-0.2, 0) is 0 Å². The van der Waals surface area contributed by atoms with Gasteiger partial charge in [0.1, 0.15) is 0 Å². The van der Waals surface area contributed by atoms with Crippen LogP contribution in [0.3, 0.4) is 0 Å². The monoisotopic (exact) mass is 280 g/mol. The number of alkyl halides is 1. The molecule has 0 saturated heterocycles. The average molecular weight is 282 g/mol. The molecule has 1 aromatic rings. The van der Waals surface area contributed by atoms with Crippen molar-refractivity contribution in [1.29, 1.82) is 0 Å². The highest BCUT2D eigenvalue weighted by Gasteiger charge is 2.08. The van der Waals surface area contributed by atoms with Crippen molar-refractivity contribution in [3.63, 3.8) is 0 Å². The molecule has 0 aromatic carbocycles. The lowest BCUT2D eigenvalue weighted by Gasteiger charge is -2.05. The maximum Gasteiger partial charge on any atom is 0.0931 e. The Morgan fingerprint density at radius 1 is 1.46 bits per heavy atom. The largest absolute Gasteiger partial charge is 0.127 e. The zero-order valence-corrected chi connectivity index (χ0v) is 10.9. The lowest BCUT2D eigenvalue weighted by Crippen LogP contribution is -1.85. The second-order valence-electron chi connectivity index (χ2n) is 3.11. The highest BCUT2D eigenvalue weighted by atomic mass is 79.9. The van der Waals surface area contributed by atoms with Crippen LogP contribution in [0.25, 0.3) is 0 Å². The van der Waals surface area contributed by atoms with Crippen molar-refractivity contribution in [3.8, 4) is 0 Å². The average Bonchev–Trinajstić information content (AvgIpc) is 2.52. The molecule has 74 valence electrons.